The minimum atomic E-state index is 0.913. The molecule has 0 radical (unpaired) electrons. The standard InChI is InChI=1S/C17H24N2O/c1-20-17-8-4-7-16-15(17)9-11-19(16)12-10-18-13-14-5-2-3-6-14/h4,7-9,11,14,18H,2-3,5-6,10,12-13H2,1H3. The minimum Gasteiger partial charge on any atom is -0.496 e. The number of hydrogen-bond donors (Lipinski definition) is 1. The number of rotatable bonds is 6. The highest BCUT2D eigenvalue weighted by Gasteiger charge is 2.13. The lowest BCUT2D eigenvalue weighted by Crippen LogP contribution is -2.25. The van der Waals surface area contributed by atoms with Crippen LogP contribution < -0.4 is 10.1 Å². The van der Waals surface area contributed by atoms with Crippen LogP contribution in [0.5, 0.6) is 5.75 Å². The van der Waals surface area contributed by atoms with Crippen LogP contribution in [0.3, 0.4) is 0 Å². The molecule has 0 atom stereocenters. The summed E-state index contributed by atoms with van der Waals surface area (Å²) in [4.78, 5) is 0. The van der Waals surface area contributed by atoms with Gasteiger partial charge in [-0.25, -0.2) is 0 Å². The summed E-state index contributed by atoms with van der Waals surface area (Å²) in [6.45, 7) is 3.24. The number of aromatic nitrogens is 1. The lowest BCUT2D eigenvalue weighted by atomic mass is 10.1. The van der Waals surface area contributed by atoms with Gasteiger partial charge >= 0.3 is 0 Å². The summed E-state index contributed by atoms with van der Waals surface area (Å²) in [5.41, 5.74) is 1.26. The van der Waals surface area contributed by atoms with Crippen LogP contribution in [0.25, 0.3) is 10.9 Å². The summed E-state index contributed by atoms with van der Waals surface area (Å²) in [6.07, 6.45) is 7.83. The zero-order valence-electron chi connectivity index (χ0n) is 12.3. The second-order valence-electron chi connectivity index (χ2n) is 5.76. The quantitative estimate of drug-likeness (QED) is 0.815. The molecule has 1 N–H and O–H groups in total. The number of benzene rings is 1. The molecule has 2 aromatic rings. The molecule has 0 spiro atoms. The van der Waals surface area contributed by atoms with Gasteiger partial charge in [-0.2, -0.15) is 0 Å². The van der Waals surface area contributed by atoms with E-state index in [1.54, 1.807) is 7.11 Å². The van der Waals surface area contributed by atoms with E-state index in [-0.39, 0.29) is 0 Å². The largest absolute Gasteiger partial charge is 0.496 e. The van der Waals surface area contributed by atoms with Crippen LogP contribution in [-0.2, 0) is 6.54 Å². The van der Waals surface area contributed by atoms with E-state index < -0.39 is 0 Å². The first-order valence-electron chi connectivity index (χ1n) is 7.71. The molecular formula is C17H24N2O. The Morgan fingerprint density at radius 1 is 1.25 bits per heavy atom. The fourth-order valence-electron chi connectivity index (χ4n) is 3.29. The fraction of sp³-hybridized carbons (Fsp3) is 0.529. The van der Waals surface area contributed by atoms with Crippen LogP contribution in [0.2, 0.25) is 0 Å². The summed E-state index contributed by atoms with van der Waals surface area (Å²) >= 11 is 0. The van der Waals surface area contributed by atoms with Gasteiger partial charge in [-0.1, -0.05) is 18.9 Å². The molecule has 0 saturated heterocycles. The summed E-state index contributed by atoms with van der Waals surface area (Å²) in [7, 11) is 1.73. The zero-order valence-corrected chi connectivity index (χ0v) is 12.3. The molecule has 0 aliphatic heterocycles. The SMILES string of the molecule is COc1cccc2c1ccn2CCNCC1CCCC1. The summed E-state index contributed by atoms with van der Waals surface area (Å²) in [5.74, 6) is 1.87. The highest BCUT2D eigenvalue weighted by Crippen LogP contribution is 2.26. The van der Waals surface area contributed by atoms with E-state index in [1.807, 2.05) is 6.07 Å². The third-order valence-electron chi connectivity index (χ3n) is 4.43. The topological polar surface area (TPSA) is 26.2 Å². The van der Waals surface area contributed by atoms with Crippen LogP contribution in [0.4, 0.5) is 0 Å². The van der Waals surface area contributed by atoms with Gasteiger partial charge in [0.05, 0.1) is 12.6 Å². The Kier molecular flexibility index (Phi) is 4.26. The van der Waals surface area contributed by atoms with Crippen LogP contribution in [-0.4, -0.2) is 24.8 Å². The van der Waals surface area contributed by atoms with Crippen molar-refractivity contribution in [1.82, 2.24) is 9.88 Å². The number of hydrogen-bond acceptors (Lipinski definition) is 2. The zero-order chi connectivity index (χ0) is 13.8. The van der Waals surface area contributed by atoms with E-state index in [4.69, 9.17) is 4.74 Å². The minimum absolute atomic E-state index is 0.913. The van der Waals surface area contributed by atoms with E-state index in [9.17, 15) is 0 Å². The number of fused-ring (bicyclic) bond motifs is 1. The molecule has 3 rings (SSSR count). The average Bonchev–Trinajstić information content (AvgIpc) is 3.13. The maximum Gasteiger partial charge on any atom is 0.128 e. The van der Waals surface area contributed by atoms with Crippen molar-refractivity contribution in [3.05, 3.63) is 30.5 Å². The molecule has 3 nitrogen and oxygen atoms in total. The third-order valence-corrected chi connectivity index (χ3v) is 4.43. The second-order valence-corrected chi connectivity index (χ2v) is 5.76. The predicted molar refractivity (Wildman–Crippen MR) is 83.3 cm³/mol. The predicted octanol–water partition coefficient (Wildman–Crippen LogP) is 3.43. The monoisotopic (exact) mass is 272 g/mol. The van der Waals surface area contributed by atoms with Gasteiger partial charge in [-0.05, 0) is 43.5 Å². The van der Waals surface area contributed by atoms with E-state index in [0.29, 0.717) is 0 Å². The Morgan fingerprint density at radius 3 is 2.90 bits per heavy atom. The van der Waals surface area contributed by atoms with Gasteiger partial charge in [-0.15, -0.1) is 0 Å². The Labute approximate surface area is 120 Å². The highest BCUT2D eigenvalue weighted by atomic mass is 16.5. The molecule has 1 heterocycles. The maximum atomic E-state index is 5.40. The molecule has 1 aromatic carbocycles. The Balaban J connectivity index is 1.57. The molecule has 0 unspecified atom stereocenters. The normalized spacial score (nSPS) is 16.1. The van der Waals surface area contributed by atoms with Crippen molar-refractivity contribution in [2.75, 3.05) is 20.2 Å². The highest BCUT2D eigenvalue weighted by molar-refractivity contribution is 5.86. The first kappa shape index (κ1) is 13.5. The van der Waals surface area contributed by atoms with Crippen molar-refractivity contribution in [3.63, 3.8) is 0 Å². The van der Waals surface area contributed by atoms with Gasteiger partial charge in [-0.3, -0.25) is 0 Å². The smallest absolute Gasteiger partial charge is 0.128 e. The summed E-state index contributed by atoms with van der Waals surface area (Å²) in [5, 5.41) is 4.81. The van der Waals surface area contributed by atoms with Gasteiger partial charge in [0.15, 0.2) is 0 Å². The molecule has 108 valence electrons. The van der Waals surface area contributed by atoms with Gasteiger partial charge in [0.2, 0.25) is 0 Å². The molecule has 3 heteroatoms. The van der Waals surface area contributed by atoms with E-state index in [2.05, 4.69) is 34.3 Å². The lowest BCUT2D eigenvalue weighted by Gasteiger charge is -2.11. The molecule has 1 saturated carbocycles. The Bertz CT molecular complexity index is 555. The van der Waals surface area contributed by atoms with Gasteiger partial charge in [0, 0.05) is 24.7 Å². The van der Waals surface area contributed by atoms with Crippen LogP contribution in [0.1, 0.15) is 25.7 Å². The molecule has 1 fully saturated rings. The number of nitrogens with zero attached hydrogens (tertiary/aromatic N) is 1. The molecule has 1 aliphatic rings. The third kappa shape index (κ3) is 2.83. The van der Waals surface area contributed by atoms with Crippen molar-refractivity contribution in [2.24, 2.45) is 5.92 Å². The molecule has 0 amide bonds. The van der Waals surface area contributed by atoms with E-state index in [1.165, 1.54) is 43.1 Å². The van der Waals surface area contributed by atoms with Crippen molar-refractivity contribution in [2.45, 2.75) is 32.2 Å². The molecule has 1 aromatic heterocycles. The first-order chi connectivity index (χ1) is 9.88. The number of methoxy groups -OCH3 is 1. The number of nitrogens with one attached hydrogen (secondary N) is 1. The van der Waals surface area contributed by atoms with E-state index in [0.717, 1.165) is 24.8 Å². The summed E-state index contributed by atoms with van der Waals surface area (Å²) in [6, 6.07) is 8.38. The average molecular weight is 272 g/mol. The van der Waals surface area contributed by atoms with Crippen LogP contribution in [0, 0.1) is 5.92 Å². The number of ether oxygens (including phenoxy) is 1. The van der Waals surface area contributed by atoms with Crippen molar-refractivity contribution in [3.8, 4) is 5.75 Å². The van der Waals surface area contributed by atoms with E-state index >= 15 is 0 Å². The molecular weight excluding hydrogens is 248 g/mol. The fourth-order valence-corrected chi connectivity index (χ4v) is 3.29. The lowest BCUT2D eigenvalue weighted by molar-refractivity contribution is 0.420. The van der Waals surface area contributed by atoms with Gasteiger partial charge in [0.1, 0.15) is 5.75 Å². The van der Waals surface area contributed by atoms with Crippen LogP contribution >= 0.6 is 0 Å². The Morgan fingerprint density at radius 2 is 2.10 bits per heavy atom. The van der Waals surface area contributed by atoms with Crippen molar-refractivity contribution < 1.29 is 4.74 Å². The summed E-state index contributed by atoms with van der Waals surface area (Å²) < 4.78 is 7.71. The first-order valence-corrected chi connectivity index (χ1v) is 7.71. The van der Waals surface area contributed by atoms with Gasteiger partial charge in [0.25, 0.3) is 0 Å². The maximum absolute atomic E-state index is 5.40. The van der Waals surface area contributed by atoms with Crippen LogP contribution in [0.15, 0.2) is 30.5 Å². The van der Waals surface area contributed by atoms with Gasteiger partial charge < -0.3 is 14.6 Å². The molecule has 20 heavy (non-hydrogen) atoms. The van der Waals surface area contributed by atoms with Crippen molar-refractivity contribution in [1.29, 1.82) is 0 Å². The molecule has 1 aliphatic carbocycles. The van der Waals surface area contributed by atoms with Crippen molar-refractivity contribution >= 4 is 10.9 Å². The Hall–Kier alpha value is -1.48. The second kappa shape index (κ2) is 6.31. The molecule has 0 bridgehead atoms.